The van der Waals surface area contributed by atoms with Gasteiger partial charge in [-0.3, -0.25) is 9.78 Å². The smallest absolute Gasteiger partial charge is 0.267 e. The van der Waals surface area contributed by atoms with Gasteiger partial charge in [-0.05, 0) is 40.1 Å². The summed E-state index contributed by atoms with van der Waals surface area (Å²) in [6, 6.07) is 11.6. The number of benzene rings is 1. The molecule has 4 nitrogen and oxygen atoms in total. The molecule has 2 aromatic rings. The molecule has 5 heteroatoms. The van der Waals surface area contributed by atoms with Crippen molar-refractivity contribution in [2.75, 3.05) is 0 Å². The van der Waals surface area contributed by atoms with Crippen LogP contribution in [0.4, 0.5) is 0 Å². The van der Waals surface area contributed by atoms with Crippen LogP contribution in [0.25, 0.3) is 6.08 Å². The van der Waals surface area contributed by atoms with E-state index in [-0.39, 0.29) is 5.91 Å². The van der Waals surface area contributed by atoms with Crippen LogP contribution in [0.15, 0.2) is 63.9 Å². The molecule has 0 saturated heterocycles. The van der Waals surface area contributed by atoms with Gasteiger partial charge in [0.2, 0.25) is 0 Å². The zero-order valence-corrected chi connectivity index (χ0v) is 13.0. The second-order valence-electron chi connectivity index (χ2n) is 4.39. The van der Waals surface area contributed by atoms with Crippen LogP contribution >= 0.6 is 15.9 Å². The lowest BCUT2D eigenvalue weighted by Gasteiger charge is -1.99. The first kappa shape index (κ1) is 15.1. The minimum absolute atomic E-state index is 0.299. The first-order chi connectivity index (χ1) is 10.1. The van der Waals surface area contributed by atoms with Gasteiger partial charge in [0.1, 0.15) is 0 Å². The molecule has 0 saturated carbocycles. The zero-order valence-electron chi connectivity index (χ0n) is 11.5. The minimum atomic E-state index is -0.299. The van der Waals surface area contributed by atoms with Gasteiger partial charge in [-0.2, -0.15) is 5.10 Å². The first-order valence-electron chi connectivity index (χ1n) is 6.32. The fourth-order valence-corrected chi connectivity index (χ4v) is 2.01. The standard InChI is InChI=1S/C16H14BrN3O/c1-12(7-13-5-3-2-4-6-13)9-19-20-16(21)14-8-15(17)11-18-10-14/h2-11H,1H3,(H,20,21)/b12-7-,19-9-. The van der Waals surface area contributed by atoms with E-state index in [0.717, 1.165) is 15.6 Å². The number of nitrogens with zero attached hydrogens (tertiary/aromatic N) is 2. The number of carbonyl (C=O) groups is 1. The van der Waals surface area contributed by atoms with Crippen LogP contribution in [0.2, 0.25) is 0 Å². The Morgan fingerprint density at radius 1 is 1.29 bits per heavy atom. The Bertz CT molecular complexity index is 681. The van der Waals surface area contributed by atoms with Crippen molar-refractivity contribution in [3.8, 4) is 0 Å². The summed E-state index contributed by atoms with van der Waals surface area (Å²) in [5, 5.41) is 3.94. The van der Waals surface area contributed by atoms with Crippen LogP contribution in [-0.4, -0.2) is 17.1 Å². The van der Waals surface area contributed by atoms with Crippen molar-refractivity contribution in [2.45, 2.75) is 6.92 Å². The van der Waals surface area contributed by atoms with E-state index in [4.69, 9.17) is 0 Å². The third kappa shape index (κ3) is 4.96. The van der Waals surface area contributed by atoms with Gasteiger partial charge in [0.25, 0.3) is 5.91 Å². The molecule has 0 aliphatic carbocycles. The monoisotopic (exact) mass is 343 g/mol. The third-order valence-corrected chi connectivity index (χ3v) is 3.03. The van der Waals surface area contributed by atoms with E-state index in [1.54, 1.807) is 18.5 Å². The number of nitrogens with one attached hydrogen (secondary N) is 1. The highest BCUT2D eigenvalue weighted by molar-refractivity contribution is 9.10. The van der Waals surface area contributed by atoms with Crippen LogP contribution in [0.5, 0.6) is 0 Å². The predicted octanol–water partition coefficient (Wildman–Crippen LogP) is 3.66. The lowest BCUT2D eigenvalue weighted by molar-refractivity contribution is 0.0954. The number of hydrogen-bond acceptors (Lipinski definition) is 3. The van der Waals surface area contributed by atoms with E-state index < -0.39 is 0 Å². The molecular formula is C16H14BrN3O. The summed E-state index contributed by atoms with van der Waals surface area (Å²) in [5.41, 5.74) is 4.95. The summed E-state index contributed by atoms with van der Waals surface area (Å²) in [5.74, 6) is -0.299. The van der Waals surface area contributed by atoms with Gasteiger partial charge in [0.05, 0.1) is 11.8 Å². The molecule has 106 valence electrons. The number of hydrazone groups is 1. The highest BCUT2D eigenvalue weighted by Gasteiger charge is 2.04. The number of halogens is 1. The average molecular weight is 344 g/mol. The molecule has 21 heavy (non-hydrogen) atoms. The predicted molar refractivity (Wildman–Crippen MR) is 88.0 cm³/mol. The van der Waals surface area contributed by atoms with Crippen molar-refractivity contribution in [1.82, 2.24) is 10.4 Å². The highest BCUT2D eigenvalue weighted by atomic mass is 79.9. The van der Waals surface area contributed by atoms with Crippen LogP contribution in [0, 0.1) is 0 Å². The molecule has 1 amide bonds. The molecule has 0 aliphatic heterocycles. The second kappa shape index (κ2) is 7.50. The van der Waals surface area contributed by atoms with E-state index in [1.165, 1.54) is 6.20 Å². The third-order valence-electron chi connectivity index (χ3n) is 2.60. The molecule has 0 radical (unpaired) electrons. The molecule has 1 N–H and O–H groups in total. The van der Waals surface area contributed by atoms with Crippen molar-refractivity contribution in [3.63, 3.8) is 0 Å². The van der Waals surface area contributed by atoms with Crippen molar-refractivity contribution in [3.05, 3.63) is 70.0 Å². The number of hydrogen-bond donors (Lipinski definition) is 1. The minimum Gasteiger partial charge on any atom is -0.267 e. The SMILES string of the molecule is CC(/C=N\NC(=O)c1cncc(Br)c1)=C/c1ccccc1. The molecule has 1 heterocycles. The highest BCUT2D eigenvalue weighted by Crippen LogP contribution is 2.09. The Morgan fingerprint density at radius 2 is 2.05 bits per heavy atom. The summed E-state index contributed by atoms with van der Waals surface area (Å²) in [6.45, 7) is 1.92. The summed E-state index contributed by atoms with van der Waals surface area (Å²) >= 11 is 3.27. The molecule has 0 spiro atoms. The molecular weight excluding hydrogens is 330 g/mol. The Kier molecular flexibility index (Phi) is 5.40. The summed E-state index contributed by atoms with van der Waals surface area (Å²) < 4.78 is 0.749. The molecule has 0 fully saturated rings. The summed E-state index contributed by atoms with van der Waals surface area (Å²) in [4.78, 5) is 15.8. The molecule has 0 bridgehead atoms. The summed E-state index contributed by atoms with van der Waals surface area (Å²) in [6.07, 6.45) is 6.70. The Morgan fingerprint density at radius 3 is 2.76 bits per heavy atom. The normalized spacial score (nSPS) is 11.6. The number of aromatic nitrogens is 1. The van der Waals surface area contributed by atoms with Gasteiger partial charge in [-0.25, -0.2) is 5.43 Å². The second-order valence-corrected chi connectivity index (χ2v) is 5.31. The molecule has 0 atom stereocenters. The van der Waals surface area contributed by atoms with Crippen LogP contribution in [0.3, 0.4) is 0 Å². The maximum absolute atomic E-state index is 11.8. The van der Waals surface area contributed by atoms with Crippen molar-refractivity contribution < 1.29 is 4.79 Å². The molecule has 2 rings (SSSR count). The van der Waals surface area contributed by atoms with Crippen LogP contribution in [0.1, 0.15) is 22.8 Å². The van der Waals surface area contributed by atoms with E-state index in [2.05, 4.69) is 31.4 Å². The molecule has 1 aromatic heterocycles. The quantitative estimate of drug-likeness (QED) is 0.680. The maximum atomic E-state index is 11.8. The lowest BCUT2D eigenvalue weighted by atomic mass is 10.1. The topological polar surface area (TPSA) is 54.4 Å². The van der Waals surface area contributed by atoms with Crippen molar-refractivity contribution in [1.29, 1.82) is 0 Å². The van der Waals surface area contributed by atoms with E-state index in [0.29, 0.717) is 5.56 Å². The Balaban J connectivity index is 1.96. The molecule has 0 aliphatic rings. The number of rotatable bonds is 4. The van der Waals surface area contributed by atoms with Gasteiger partial charge in [0.15, 0.2) is 0 Å². The fraction of sp³-hybridized carbons (Fsp3) is 0.0625. The van der Waals surface area contributed by atoms with Gasteiger partial charge >= 0.3 is 0 Å². The molecule has 1 aromatic carbocycles. The number of allylic oxidation sites excluding steroid dienone is 1. The van der Waals surface area contributed by atoms with Crippen LogP contribution < -0.4 is 5.43 Å². The van der Waals surface area contributed by atoms with Crippen molar-refractivity contribution in [2.24, 2.45) is 5.10 Å². The van der Waals surface area contributed by atoms with Gasteiger partial charge in [0, 0.05) is 16.9 Å². The lowest BCUT2D eigenvalue weighted by Crippen LogP contribution is -2.17. The first-order valence-corrected chi connectivity index (χ1v) is 7.12. The van der Waals surface area contributed by atoms with Gasteiger partial charge in [-0.15, -0.1) is 0 Å². The average Bonchev–Trinajstić information content (AvgIpc) is 2.48. The maximum Gasteiger partial charge on any atom is 0.272 e. The van der Waals surface area contributed by atoms with Gasteiger partial charge < -0.3 is 0 Å². The number of pyridine rings is 1. The largest absolute Gasteiger partial charge is 0.272 e. The Hall–Kier alpha value is -2.27. The number of amides is 1. The number of carbonyl (C=O) groups excluding carboxylic acids is 1. The van der Waals surface area contributed by atoms with Crippen LogP contribution in [-0.2, 0) is 0 Å². The summed E-state index contributed by atoms with van der Waals surface area (Å²) in [7, 11) is 0. The molecule has 0 unspecified atom stereocenters. The van der Waals surface area contributed by atoms with E-state index >= 15 is 0 Å². The van der Waals surface area contributed by atoms with E-state index in [1.807, 2.05) is 43.3 Å². The zero-order chi connectivity index (χ0) is 15.1. The van der Waals surface area contributed by atoms with Crippen molar-refractivity contribution >= 4 is 34.1 Å². The Labute approximate surface area is 131 Å². The fourth-order valence-electron chi connectivity index (χ4n) is 1.64. The van der Waals surface area contributed by atoms with E-state index in [9.17, 15) is 4.79 Å². The van der Waals surface area contributed by atoms with Gasteiger partial charge in [-0.1, -0.05) is 36.4 Å².